The molecule has 1 unspecified atom stereocenters. The maximum absolute atomic E-state index is 13.6. The number of aromatic amines is 1. The Labute approximate surface area is 250 Å². The molecule has 0 radical (unpaired) electrons. The number of rotatable bonds is 12. The summed E-state index contributed by atoms with van der Waals surface area (Å²) >= 11 is 6.97. The van der Waals surface area contributed by atoms with Gasteiger partial charge in [0.05, 0.1) is 22.5 Å². The number of aromatic nitrogens is 2. The monoisotopic (exact) mass is 644 g/mol. The fraction of sp³-hybridized carbons (Fsp3) is 0.750. The SMILES string of the molecule is [2H]C([2H])(OP(=O)(OCCSC(=O)C(C)(C)C)OCCSC(=O)C(C)(C)C)[C@H]1O[C@@H](n2ccc(=O)[nH]c2=S)C(C)(O)[C@H]1O. The average molecular weight is 645 g/mol. The van der Waals surface area contributed by atoms with E-state index in [1.54, 1.807) is 41.5 Å². The molecule has 1 aromatic rings. The summed E-state index contributed by atoms with van der Waals surface area (Å²) < 4.78 is 53.1. The number of phosphoric ester groups is 1. The first-order valence-electron chi connectivity index (χ1n) is 13.3. The highest BCUT2D eigenvalue weighted by atomic mass is 32.2. The summed E-state index contributed by atoms with van der Waals surface area (Å²) in [5, 5.41) is 21.6. The van der Waals surface area contributed by atoms with Gasteiger partial charge in [0.15, 0.2) is 21.2 Å². The van der Waals surface area contributed by atoms with Crippen molar-refractivity contribution in [3.63, 3.8) is 0 Å². The van der Waals surface area contributed by atoms with Gasteiger partial charge in [-0.15, -0.1) is 0 Å². The van der Waals surface area contributed by atoms with E-state index in [0.29, 0.717) is 0 Å². The van der Waals surface area contributed by atoms with Crippen molar-refractivity contribution in [3.8, 4) is 0 Å². The van der Waals surface area contributed by atoms with Crippen molar-refractivity contribution >= 4 is 53.8 Å². The summed E-state index contributed by atoms with van der Waals surface area (Å²) in [6, 6.07) is 1.10. The Morgan fingerprint density at radius 2 is 1.65 bits per heavy atom. The second-order valence-corrected chi connectivity index (χ2v) is 15.3. The van der Waals surface area contributed by atoms with E-state index in [9.17, 15) is 29.2 Å². The molecular formula is C24H39N2O10PS3. The summed E-state index contributed by atoms with van der Waals surface area (Å²) in [5.41, 5.74) is -3.93. The minimum absolute atomic E-state index is 0.0525. The van der Waals surface area contributed by atoms with Crippen LogP contribution < -0.4 is 5.56 Å². The largest absolute Gasteiger partial charge is 0.474 e. The van der Waals surface area contributed by atoms with E-state index in [0.717, 1.165) is 34.2 Å². The molecule has 12 nitrogen and oxygen atoms in total. The standard InChI is InChI=1S/C24H39N2O10PS3/c1-22(2,3)19(29)39-12-10-33-37(32,34-11-13-40-20(30)23(4,5)6)35-14-15-17(28)24(7,31)18(36-15)26-9-8-16(27)25-21(26)38/h8-9,15,17-18,28,31H,10-14H2,1-7H3,(H,25,27,38)/t15-,17+,18-,24?/m1/s1/i14D2. The molecule has 40 heavy (non-hydrogen) atoms. The van der Waals surface area contributed by atoms with Crippen molar-refractivity contribution in [2.75, 3.05) is 31.3 Å². The molecule has 1 fully saturated rings. The third-order valence-electron chi connectivity index (χ3n) is 5.40. The van der Waals surface area contributed by atoms with Crippen molar-refractivity contribution in [3.05, 3.63) is 27.4 Å². The molecule has 0 amide bonds. The van der Waals surface area contributed by atoms with Crippen LogP contribution in [0.1, 0.15) is 57.4 Å². The first-order valence-corrected chi connectivity index (χ1v) is 16.2. The summed E-state index contributed by atoms with van der Waals surface area (Å²) in [6.07, 6.45) is -4.13. The van der Waals surface area contributed by atoms with E-state index >= 15 is 0 Å². The maximum Gasteiger partial charge on any atom is 0.474 e. The van der Waals surface area contributed by atoms with E-state index in [1.165, 1.54) is 13.1 Å². The van der Waals surface area contributed by atoms with Crippen LogP contribution in [0, 0.1) is 15.6 Å². The molecule has 3 N–H and O–H groups in total. The zero-order chi connectivity index (χ0) is 32.3. The molecule has 0 aromatic carbocycles. The van der Waals surface area contributed by atoms with Crippen LogP contribution in [0.3, 0.4) is 0 Å². The Kier molecular flexibility index (Phi) is 11.3. The number of aliphatic hydroxyl groups is 2. The second-order valence-electron chi connectivity index (χ2n) is 11.2. The number of H-pyrrole nitrogens is 1. The topological polar surface area (TPSA) is 166 Å². The first-order chi connectivity index (χ1) is 19.0. The number of hydrogen-bond acceptors (Lipinski definition) is 13. The molecule has 1 aromatic heterocycles. The van der Waals surface area contributed by atoms with E-state index in [2.05, 4.69) is 4.98 Å². The number of ether oxygens (including phenoxy) is 1. The van der Waals surface area contributed by atoms with Gasteiger partial charge >= 0.3 is 7.82 Å². The molecule has 2 rings (SSSR count). The normalized spacial score (nSPS) is 25.0. The number of nitrogens with one attached hydrogen (secondary N) is 1. The number of hydrogen-bond donors (Lipinski definition) is 3. The first kappa shape index (κ1) is 32.1. The van der Waals surface area contributed by atoms with Crippen molar-refractivity contribution in [1.29, 1.82) is 0 Å². The Balaban J connectivity index is 2.24. The van der Waals surface area contributed by atoms with Gasteiger partial charge in [-0.2, -0.15) is 0 Å². The van der Waals surface area contributed by atoms with Gasteiger partial charge in [0.2, 0.25) is 0 Å². The molecule has 228 valence electrons. The van der Waals surface area contributed by atoms with Crippen LogP contribution in [0.25, 0.3) is 0 Å². The van der Waals surface area contributed by atoms with E-state index in [4.69, 9.17) is 33.3 Å². The minimum Gasteiger partial charge on any atom is -0.387 e. The van der Waals surface area contributed by atoms with Gasteiger partial charge < -0.3 is 14.9 Å². The van der Waals surface area contributed by atoms with Crippen LogP contribution in [0.2, 0.25) is 0 Å². The van der Waals surface area contributed by atoms with Gasteiger partial charge in [0.1, 0.15) is 17.8 Å². The maximum atomic E-state index is 13.6. The van der Waals surface area contributed by atoms with Crippen LogP contribution in [-0.2, 0) is 32.5 Å². The Hall–Kier alpha value is -0.870. The zero-order valence-corrected chi connectivity index (χ0v) is 26.8. The van der Waals surface area contributed by atoms with Crippen LogP contribution in [0.5, 0.6) is 0 Å². The lowest BCUT2D eigenvalue weighted by Gasteiger charge is -2.28. The summed E-state index contributed by atoms with van der Waals surface area (Å²) in [4.78, 5) is 38.4. The number of aliphatic hydroxyl groups excluding tert-OH is 1. The number of carbonyl (C=O) groups excluding carboxylic acids is 2. The quantitative estimate of drug-likeness (QED) is 0.171. The number of nitrogens with zero attached hydrogens (tertiary/aromatic N) is 1. The molecule has 1 aliphatic heterocycles. The van der Waals surface area contributed by atoms with E-state index in [1.807, 2.05) is 0 Å². The van der Waals surface area contributed by atoms with Crippen LogP contribution >= 0.6 is 43.6 Å². The lowest BCUT2D eigenvalue weighted by molar-refractivity contribution is -0.118. The summed E-state index contributed by atoms with van der Waals surface area (Å²) in [7, 11) is -4.74. The predicted molar refractivity (Wildman–Crippen MR) is 156 cm³/mol. The molecule has 2 heterocycles. The minimum atomic E-state index is -4.74. The third-order valence-corrected chi connectivity index (χ3v) is 9.53. The lowest BCUT2D eigenvalue weighted by atomic mass is 9.96. The van der Waals surface area contributed by atoms with Crippen molar-refractivity contribution in [1.82, 2.24) is 9.55 Å². The van der Waals surface area contributed by atoms with Gasteiger partial charge in [-0.3, -0.25) is 37.5 Å². The van der Waals surface area contributed by atoms with Crippen LogP contribution in [-0.4, -0.2) is 79.1 Å². The van der Waals surface area contributed by atoms with E-state index < -0.39 is 54.8 Å². The highest BCUT2D eigenvalue weighted by Gasteiger charge is 2.53. The fourth-order valence-electron chi connectivity index (χ4n) is 3.06. The molecular weight excluding hydrogens is 603 g/mol. The van der Waals surface area contributed by atoms with Gasteiger partial charge in [0.25, 0.3) is 5.56 Å². The van der Waals surface area contributed by atoms with Crippen LogP contribution in [0.15, 0.2) is 17.1 Å². The van der Waals surface area contributed by atoms with Gasteiger partial charge in [-0.05, 0) is 19.1 Å². The Bertz CT molecular complexity index is 1250. The van der Waals surface area contributed by atoms with Crippen LogP contribution in [0.4, 0.5) is 0 Å². The smallest absolute Gasteiger partial charge is 0.387 e. The zero-order valence-electron chi connectivity index (χ0n) is 25.5. The number of thioether (sulfide) groups is 2. The number of carbonyl (C=O) groups is 2. The fourth-order valence-corrected chi connectivity index (χ4v) is 6.18. The Morgan fingerprint density at radius 3 is 2.10 bits per heavy atom. The van der Waals surface area contributed by atoms with Crippen molar-refractivity contribution in [2.45, 2.75) is 72.5 Å². The average Bonchev–Trinajstić information content (AvgIpc) is 3.07. The predicted octanol–water partition coefficient (Wildman–Crippen LogP) is 3.68. The number of phosphoric acid groups is 1. The Morgan fingerprint density at radius 1 is 1.15 bits per heavy atom. The molecule has 0 aliphatic carbocycles. The van der Waals surface area contributed by atoms with E-state index in [-0.39, 0.29) is 39.7 Å². The molecule has 0 spiro atoms. The lowest BCUT2D eigenvalue weighted by Crippen LogP contribution is -2.44. The molecule has 0 saturated carbocycles. The van der Waals surface area contributed by atoms with Crippen molar-refractivity contribution < 1.29 is 45.4 Å². The molecule has 0 bridgehead atoms. The third kappa shape index (κ3) is 9.85. The van der Waals surface area contributed by atoms with Gasteiger partial charge in [-0.1, -0.05) is 65.1 Å². The highest BCUT2D eigenvalue weighted by molar-refractivity contribution is 8.14. The second kappa shape index (κ2) is 14.1. The summed E-state index contributed by atoms with van der Waals surface area (Å²) in [6.45, 7) is 7.88. The highest BCUT2D eigenvalue weighted by Crippen LogP contribution is 2.51. The van der Waals surface area contributed by atoms with Crippen molar-refractivity contribution in [2.24, 2.45) is 10.8 Å². The molecule has 1 aliphatic rings. The van der Waals surface area contributed by atoms with Gasteiger partial charge in [-0.25, -0.2) is 4.57 Å². The molecule has 1 saturated heterocycles. The van der Waals surface area contributed by atoms with Gasteiger partial charge in [0, 0.05) is 34.6 Å². The molecule has 16 heteroatoms. The summed E-state index contributed by atoms with van der Waals surface area (Å²) in [5.74, 6) is 0.105. The molecule has 4 atom stereocenters.